The van der Waals surface area contributed by atoms with Crippen LogP contribution in [0, 0.1) is 17.1 Å². The lowest BCUT2D eigenvalue weighted by molar-refractivity contribution is 0.0989. The van der Waals surface area contributed by atoms with Gasteiger partial charge >= 0.3 is 0 Å². The quantitative estimate of drug-likeness (QED) is 0.852. The summed E-state index contributed by atoms with van der Waals surface area (Å²) < 4.78 is 13.7. The van der Waals surface area contributed by atoms with Gasteiger partial charge in [-0.15, -0.1) is 0 Å². The summed E-state index contributed by atoms with van der Waals surface area (Å²) in [5.41, 5.74) is 6.73. The Kier molecular flexibility index (Phi) is 3.67. The first kappa shape index (κ1) is 13.6. The minimum Gasteiger partial charge on any atom is -0.399 e. The Morgan fingerprint density at radius 2 is 1.90 bits per heavy atom. The second-order valence-corrected chi connectivity index (χ2v) is 4.26. The fraction of sp³-hybridized carbons (Fsp3) is 0.0667. The molecule has 0 aliphatic heterocycles. The smallest absolute Gasteiger partial charge is 0.260 e. The summed E-state index contributed by atoms with van der Waals surface area (Å²) in [4.78, 5) is 13.5. The second-order valence-electron chi connectivity index (χ2n) is 4.26. The van der Waals surface area contributed by atoms with E-state index in [1.165, 1.54) is 17.0 Å². The van der Waals surface area contributed by atoms with E-state index in [0.29, 0.717) is 11.3 Å². The highest BCUT2D eigenvalue weighted by molar-refractivity contribution is 6.06. The SMILES string of the molecule is CN(C(=O)c1ccc(N)cc1F)c1ccc(C#N)cc1. The molecule has 0 spiro atoms. The Morgan fingerprint density at radius 3 is 2.45 bits per heavy atom. The molecule has 0 fully saturated rings. The van der Waals surface area contributed by atoms with Crippen molar-refractivity contribution in [3.63, 3.8) is 0 Å². The number of hydrogen-bond acceptors (Lipinski definition) is 3. The molecule has 0 aliphatic carbocycles. The minimum atomic E-state index is -0.657. The lowest BCUT2D eigenvalue weighted by Crippen LogP contribution is -2.27. The highest BCUT2D eigenvalue weighted by atomic mass is 19.1. The molecule has 2 aromatic carbocycles. The first-order valence-electron chi connectivity index (χ1n) is 5.86. The number of rotatable bonds is 2. The van der Waals surface area contributed by atoms with Gasteiger partial charge in [-0.3, -0.25) is 4.79 Å². The molecule has 0 aromatic heterocycles. The Hall–Kier alpha value is -2.87. The zero-order valence-corrected chi connectivity index (χ0v) is 10.8. The molecule has 2 rings (SSSR count). The van der Waals surface area contributed by atoms with Crippen LogP contribution in [0.1, 0.15) is 15.9 Å². The van der Waals surface area contributed by atoms with Crippen molar-refractivity contribution in [3.8, 4) is 6.07 Å². The van der Waals surface area contributed by atoms with Crippen LogP contribution in [0.3, 0.4) is 0 Å². The Morgan fingerprint density at radius 1 is 1.25 bits per heavy atom. The van der Waals surface area contributed by atoms with Crippen LogP contribution in [0.25, 0.3) is 0 Å². The summed E-state index contributed by atoms with van der Waals surface area (Å²) in [6.07, 6.45) is 0. The van der Waals surface area contributed by atoms with E-state index in [0.717, 1.165) is 6.07 Å². The van der Waals surface area contributed by atoms with Gasteiger partial charge < -0.3 is 10.6 Å². The first-order valence-corrected chi connectivity index (χ1v) is 5.86. The highest BCUT2D eigenvalue weighted by Crippen LogP contribution is 2.19. The fourth-order valence-corrected chi connectivity index (χ4v) is 1.76. The Labute approximate surface area is 115 Å². The van der Waals surface area contributed by atoms with Gasteiger partial charge in [-0.2, -0.15) is 5.26 Å². The summed E-state index contributed by atoms with van der Waals surface area (Å²) in [6.45, 7) is 0. The summed E-state index contributed by atoms with van der Waals surface area (Å²) in [7, 11) is 1.54. The third-order valence-electron chi connectivity index (χ3n) is 2.91. The van der Waals surface area contributed by atoms with Gasteiger partial charge in [0.25, 0.3) is 5.91 Å². The van der Waals surface area contributed by atoms with Crippen molar-refractivity contribution in [1.29, 1.82) is 5.26 Å². The Balaban J connectivity index is 2.30. The average molecular weight is 269 g/mol. The molecule has 2 aromatic rings. The van der Waals surface area contributed by atoms with Crippen molar-refractivity contribution in [2.45, 2.75) is 0 Å². The standard InChI is InChI=1S/C15H12FN3O/c1-19(12-5-2-10(9-17)3-6-12)15(20)13-7-4-11(18)8-14(13)16/h2-8H,18H2,1H3. The molecule has 1 amide bonds. The monoisotopic (exact) mass is 269 g/mol. The highest BCUT2D eigenvalue weighted by Gasteiger charge is 2.17. The number of hydrogen-bond donors (Lipinski definition) is 1. The van der Waals surface area contributed by atoms with Crippen molar-refractivity contribution < 1.29 is 9.18 Å². The zero-order chi connectivity index (χ0) is 14.7. The van der Waals surface area contributed by atoms with Crippen molar-refractivity contribution >= 4 is 17.3 Å². The maximum atomic E-state index is 13.7. The number of carbonyl (C=O) groups is 1. The van der Waals surface area contributed by atoms with Gasteiger partial charge in [0.1, 0.15) is 5.82 Å². The average Bonchev–Trinajstić information content (AvgIpc) is 2.46. The van der Waals surface area contributed by atoms with Crippen LogP contribution in [-0.2, 0) is 0 Å². The van der Waals surface area contributed by atoms with Gasteiger partial charge in [-0.25, -0.2) is 4.39 Å². The largest absolute Gasteiger partial charge is 0.399 e. The van der Waals surface area contributed by atoms with Crippen LogP contribution in [-0.4, -0.2) is 13.0 Å². The van der Waals surface area contributed by atoms with E-state index < -0.39 is 11.7 Å². The Bertz CT molecular complexity index is 689. The minimum absolute atomic E-state index is 0.0499. The van der Waals surface area contributed by atoms with Crippen LogP contribution in [0.2, 0.25) is 0 Å². The number of anilines is 2. The summed E-state index contributed by atoms with van der Waals surface area (Å²) in [5.74, 6) is -1.14. The van der Waals surface area contributed by atoms with Crippen LogP contribution < -0.4 is 10.6 Å². The van der Waals surface area contributed by atoms with E-state index in [1.807, 2.05) is 6.07 Å². The second kappa shape index (κ2) is 5.41. The van der Waals surface area contributed by atoms with E-state index in [4.69, 9.17) is 11.0 Å². The van der Waals surface area contributed by atoms with Crippen molar-refractivity contribution in [3.05, 3.63) is 59.4 Å². The first-order chi connectivity index (χ1) is 9.52. The molecule has 2 N–H and O–H groups in total. The van der Waals surface area contributed by atoms with Crippen molar-refractivity contribution in [2.75, 3.05) is 17.7 Å². The van der Waals surface area contributed by atoms with E-state index in [2.05, 4.69) is 0 Å². The van der Waals surface area contributed by atoms with E-state index in [-0.39, 0.29) is 11.3 Å². The summed E-state index contributed by atoms with van der Waals surface area (Å²) in [5, 5.41) is 8.72. The van der Waals surface area contributed by atoms with Gasteiger partial charge in [0.2, 0.25) is 0 Å². The topological polar surface area (TPSA) is 70.1 Å². The molecule has 5 heteroatoms. The van der Waals surface area contributed by atoms with Crippen molar-refractivity contribution in [2.24, 2.45) is 0 Å². The molecule has 0 bridgehead atoms. The third-order valence-corrected chi connectivity index (χ3v) is 2.91. The number of halogens is 1. The molecule has 100 valence electrons. The van der Waals surface area contributed by atoms with Crippen LogP contribution in [0.15, 0.2) is 42.5 Å². The third kappa shape index (κ3) is 2.59. The van der Waals surface area contributed by atoms with Crippen LogP contribution in [0.4, 0.5) is 15.8 Å². The predicted octanol–water partition coefficient (Wildman–Crippen LogP) is 2.56. The number of carbonyl (C=O) groups excluding carboxylic acids is 1. The molecule has 0 radical (unpaired) electrons. The normalized spacial score (nSPS) is 9.85. The maximum Gasteiger partial charge on any atom is 0.260 e. The van der Waals surface area contributed by atoms with Gasteiger partial charge in [0, 0.05) is 18.4 Å². The molecule has 0 atom stereocenters. The van der Waals surface area contributed by atoms with E-state index >= 15 is 0 Å². The molecule has 0 saturated carbocycles. The predicted molar refractivity (Wildman–Crippen MR) is 74.7 cm³/mol. The molecule has 20 heavy (non-hydrogen) atoms. The number of amides is 1. The fourth-order valence-electron chi connectivity index (χ4n) is 1.76. The summed E-state index contributed by atoms with van der Waals surface area (Å²) in [6, 6.07) is 12.4. The number of nitrogens with zero attached hydrogens (tertiary/aromatic N) is 2. The lowest BCUT2D eigenvalue weighted by atomic mass is 10.1. The number of benzene rings is 2. The van der Waals surface area contributed by atoms with Gasteiger partial charge in [0.15, 0.2) is 0 Å². The molecule has 0 heterocycles. The van der Waals surface area contributed by atoms with E-state index in [1.54, 1.807) is 31.3 Å². The molecule has 0 aliphatic rings. The molecule has 4 nitrogen and oxygen atoms in total. The van der Waals surface area contributed by atoms with Gasteiger partial charge in [-0.1, -0.05) is 0 Å². The number of nitrogens with two attached hydrogens (primary N) is 1. The van der Waals surface area contributed by atoms with Crippen LogP contribution >= 0.6 is 0 Å². The molecule has 0 saturated heterocycles. The molecule has 0 unspecified atom stereocenters. The molecular weight excluding hydrogens is 257 g/mol. The van der Waals surface area contributed by atoms with Gasteiger partial charge in [-0.05, 0) is 42.5 Å². The van der Waals surface area contributed by atoms with E-state index in [9.17, 15) is 9.18 Å². The number of nitriles is 1. The van der Waals surface area contributed by atoms with Crippen molar-refractivity contribution in [1.82, 2.24) is 0 Å². The summed E-state index contributed by atoms with van der Waals surface area (Å²) >= 11 is 0. The maximum absolute atomic E-state index is 13.7. The van der Waals surface area contributed by atoms with Crippen LogP contribution in [0.5, 0.6) is 0 Å². The zero-order valence-electron chi connectivity index (χ0n) is 10.8. The van der Waals surface area contributed by atoms with Gasteiger partial charge in [0.05, 0.1) is 17.2 Å². The lowest BCUT2D eigenvalue weighted by Gasteiger charge is -2.17. The molecular formula is C15H12FN3O. The number of nitrogen functional groups attached to an aromatic ring is 1.